The molecule has 0 saturated heterocycles. The van der Waals surface area contributed by atoms with E-state index in [0.717, 1.165) is 0 Å². The average Bonchev–Trinajstić information content (AvgIpc) is 3.17. The molecule has 9 heteroatoms. The van der Waals surface area contributed by atoms with Crippen molar-refractivity contribution in [3.63, 3.8) is 0 Å². The van der Waals surface area contributed by atoms with Gasteiger partial charge in [-0.3, -0.25) is 9.36 Å². The molecule has 168 valence electrons. The van der Waals surface area contributed by atoms with Crippen molar-refractivity contribution >= 4 is 34.3 Å². The lowest BCUT2D eigenvalue weighted by molar-refractivity contribution is 0.0743. The van der Waals surface area contributed by atoms with E-state index in [9.17, 15) is 4.79 Å². The first kappa shape index (κ1) is 23.8. The minimum absolute atomic E-state index is 0.0955. The summed E-state index contributed by atoms with van der Waals surface area (Å²) in [5.41, 5.74) is 0.271. The first-order chi connectivity index (χ1) is 14.6. The Morgan fingerprint density at radius 3 is 2.61 bits per heavy atom. The first-order valence-electron chi connectivity index (χ1n) is 10.4. The molecule has 1 aromatic carbocycles. The molecule has 0 aliphatic heterocycles. The molecular formula is C22H29ClN4O3S. The van der Waals surface area contributed by atoms with E-state index in [1.807, 2.05) is 41.5 Å². The Bertz CT molecular complexity index is 1100. The van der Waals surface area contributed by atoms with Crippen LogP contribution in [0.5, 0.6) is 0 Å². The number of nitrogens with zero attached hydrogens (tertiary/aromatic N) is 4. The molecular weight excluding hydrogens is 436 g/mol. The summed E-state index contributed by atoms with van der Waals surface area (Å²) in [5.74, 6) is 1.15. The maximum atomic E-state index is 13.2. The van der Waals surface area contributed by atoms with Gasteiger partial charge in [0, 0.05) is 23.6 Å². The van der Waals surface area contributed by atoms with Crippen molar-refractivity contribution < 1.29 is 9.26 Å². The Labute approximate surface area is 191 Å². The second kappa shape index (κ2) is 9.71. The van der Waals surface area contributed by atoms with E-state index in [2.05, 4.69) is 10.1 Å². The van der Waals surface area contributed by atoms with Crippen LogP contribution in [0, 0.1) is 0 Å². The topological polar surface area (TPSA) is 83.0 Å². The van der Waals surface area contributed by atoms with Crippen molar-refractivity contribution in [3.05, 3.63) is 45.3 Å². The number of hydrogen-bond donors (Lipinski definition) is 0. The van der Waals surface area contributed by atoms with Gasteiger partial charge in [0.2, 0.25) is 5.89 Å². The van der Waals surface area contributed by atoms with Crippen molar-refractivity contribution in [1.29, 1.82) is 0 Å². The van der Waals surface area contributed by atoms with E-state index < -0.39 is 0 Å². The summed E-state index contributed by atoms with van der Waals surface area (Å²) in [4.78, 5) is 22.5. The van der Waals surface area contributed by atoms with Gasteiger partial charge in [0.25, 0.3) is 5.56 Å². The van der Waals surface area contributed by atoms with Crippen molar-refractivity contribution in [2.75, 3.05) is 6.61 Å². The Kier molecular flexibility index (Phi) is 7.44. The maximum Gasteiger partial charge on any atom is 0.262 e. The Morgan fingerprint density at radius 1 is 1.23 bits per heavy atom. The molecule has 1 unspecified atom stereocenters. The highest BCUT2D eigenvalue weighted by Gasteiger charge is 2.25. The third-order valence-corrected chi connectivity index (χ3v) is 5.91. The highest BCUT2D eigenvalue weighted by atomic mass is 35.5. The first-order valence-corrected chi connectivity index (χ1v) is 11.6. The fourth-order valence-electron chi connectivity index (χ4n) is 2.92. The zero-order valence-corrected chi connectivity index (χ0v) is 20.4. The summed E-state index contributed by atoms with van der Waals surface area (Å²) >= 11 is 7.55. The number of fused-ring (bicyclic) bond motifs is 1. The van der Waals surface area contributed by atoms with Crippen LogP contribution < -0.4 is 5.56 Å². The second-order valence-corrected chi connectivity index (χ2v) is 10.5. The van der Waals surface area contributed by atoms with Gasteiger partial charge >= 0.3 is 0 Å². The van der Waals surface area contributed by atoms with E-state index in [1.165, 1.54) is 11.8 Å². The minimum Gasteiger partial charge on any atom is -0.379 e. The molecule has 0 amide bonds. The van der Waals surface area contributed by atoms with Crippen LogP contribution in [0.3, 0.4) is 0 Å². The lowest BCUT2D eigenvalue weighted by Crippen LogP contribution is -2.24. The maximum absolute atomic E-state index is 13.2. The zero-order chi connectivity index (χ0) is 22.8. The molecule has 0 saturated carbocycles. The van der Waals surface area contributed by atoms with Crippen LogP contribution in [0.4, 0.5) is 0 Å². The SMILES string of the molecule is CC(C)OCCCn1c(SC(C)c2nc(C(C)(C)C)no2)nc2cc(Cl)ccc2c1=O. The Morgan fingerprint density at radius 2 is 1.97 bits per heavy atom. The van der Waals surface area contributed by atoms with Gasteiger partial charge in [0.1, 0.15) is 0 Å². The molecule has 0 bridgehead atoms. The summed E-state index contributed by atoms with van der Waals surface area (Å²) in [6, 6.07) is 5.14. The molecule has 1 atom stereocenters. The molecule has 0 spiro atoms. The van der Waals surface area contributed by atoms with Crippen molar-refractivity contribution in [2.24, 2.45) is 0 Å². The van der Waals surface area contributed by atoms with Crippen molar-refractivity contribution in [3.8, 4) is 0 Å². The summed E-state index contributed by atoms with van der Waals surface area (Å²) < 4.78 is 12.8. The lowest BCUT2D eigenvalue weighted by Gasteiger charge is -2.15. The van der Waals surface area contributed by atoms with Gasteiger partial charge in [-0.05, 0) is 45.4 Å². The highest BCUT2D eigenvalue weighted by Crippen LogP contribution is 2.34. The number of thioether (sulfide) groups is 1. The van der Waals surface area contributed by atoms with Gasteiger partial charge < -0.3 is 9.26 Å². The largest absolute Gasteiger partial charge is 0.379 e. The summed E-state index contributed by atoms with van der Waals surface area (Å²) in [6.07, 6.45) is 0.854. The molecule has 3 aromatic rings. The molecule has 3 rings (SSSR count). The molecule has 0 aliphatic rings. The van der Waals surface area contributed by atoms with Crippen LogP contribution in [0.15, 0.2) is 32.7 Å². The molecule has 2 heterocycles. The van der Waals surface area contributed by atoms with Crippen LogP contribution in [-0.4, -0.2) is 32.4 Å². The Balaban J connectivity index is 1.93. The number of aromatic nitrogens is 4. The predicted octanol–water partition coefficient (Wildman–Crippen LogP) is 5.40. The van der Waals surface area contributed by atoms with Crippen LogP contribution in [0.2, 0.25) is 5.02 Å². The molecule has 2 aromatic heterocycles. The van der Waals surface area contributed by atoms with Gasteiger partial charge in [-0.2, -0.15) is 4.98 Å². The normalized spacial score (nSPS) is 13.3. The van der Waals surface area contributed by atoms with Gasteiger partial charge in [0.05, 0.1) is 22.3 Å². The summed E-state index contributed by atoms with van der Waals surface area (Å²) in [6.45, 7) is 13.1. The molecule has 0 radical (unpaired) electrons. The van der Waals surface area contributed by atoms with Crippen LogP contribution in [0.1, 0.15) is 64.9 Å². The highest BCUT2D eigenvalue weighted by molar-refractivity contribution is 7.99. The van der Waals surface area contributed by atoms with Gasteiger partial charge in [0.15, 0.2) is 11.0 Å². The van der Waals surface area contributed by atoms with E-state index in [0.29, 0.717) is 52.4 Å². The fraction of sp³-hybridized carbons (Fsp3) is 0.545. The Hall–Kier alpha value is -1.90. The molecule has 7 nitrogen and oxygen atoms in total. The third kappa shape index (κ3) is 5.87. The second-order valence-electron chi connectivity index (χ2n) is 8.75. The van der Waals surface area contributed by atoms with Gasteiger partial charge in [-0.1, -0.05) is 49.3 Å². The molecule has 0 fully saturated rings. The van der Waals surface area contributed by atoms with Crippen molar-refractivity contribution in [1.82, 2.24) is 19.7 Å². The van der Waals surface area contributed by atoms with Crippen LogP contribution in [0.25, 0.3) is 10.9 Å². The zero-order valence-electron chi connectivity index (χ0n) is 18.8. The predicted molar refractivity (Wildman–Crippen MR) is 124 cm³/mol. The van der Waals surface area contributed by atoms with E-state index in [-0.39, 0.29) is 22.3 Å². The summed E-state index contributed by atoms with van der Waals surface area (Å²) in [7, 11) is 0. The van der Waals surface area contributed by atoms with Crippen LogP contribution in [-0.2, 0) is 16.7 Å². The van der Waals surface area contributed by atoms with E-state index in [4.69, 9.17) is 25.8 Å². The average molecular weight is 465 g/mol. The lowest BCUT2D eigenvalue weighted by atomic mass is 9.96. The number of halogens is 1. The van der Waals surface area contributed by atoms with Crippen molar-refractivity contribution in [2.45, 2.75) is 76.4 Å². The monoisotopic (exact) mass is 464 g/mol. The molecule has 31 heavy (non-hydrogen) atoms. The molecule has 0 N–H and O–H groups in total. The number of benzene rings is 1. The summed E-state index contributed by atoms with van der Waals surface area (Å²) in [5, 5.41) is 5.60. The van der Waals surface area contributed by atoms with E-state index in [1.54, 1.807) is 22.8 Å². The minimum atomic E-state index is -0.206. The van der Waals surface area contributed by atoms with Gasteiger partial charge in [-0.25, -0.2) is 4.98 Å². The number of ether oxygens (including phenoxy) is 1. The molecule has 0 aliphatic carbocycles. The van der Waals surface area contributed by atoms with E-state index >= 15 is 0 Å². The third-order valence-electron chi connectivity index (χ3n) is 4.60. The quantitative estimate of drug-likeness (QED) is 0.250. The van der Waals surface area contributed by atoms with Gasteiger partial charge in [-0.15, -0.1) is 0 Å². The standard InChI is InChI=1S/C22H29ClN4O3S/c1-13(2)29-11-7-10-27-19(28)16-9-8-15(23)12-17(16)24-21(27)31-14(3)18-25-20(26-30-18)22(4,5)6/h8-9,12-14H,7,10-11H2,1-6H3. The smallest absolute Gasteiger partial charge is 0.262 e. The number of rotatable bonds is 8. The van der Waals surface area contributed by atoms with Crippen LogP contribution >= 0.6 is 23.4 Å². The fourth-order valence-corrected chi connectivity index (χ4v) is 4.05. The number of hydrogen-bond acceptors (Lipinski definition) is 7.